The van der Waals surface area contributed by atoms with Gasteiger partial charge in [0.15, 0.2) is 0 Å². The first-order valence-electron chi connectivity index (χ1n) is 6.51. The molecule has 1 aromatic heterocycles. The first-order valence-corrected chi connectivity index (χ1v) is 6.89. The van der Waals surface area contributed by atoms with Crippen molar-refractivity contribution in [2.75, 3.05) is 6.61 Å². The van der Waals surface area contributed by atoms with Crippen molar-refractivity contribution in [3.05, 3.63) is 35.0 Å². The maximum Gasteiger partial charge on any atom is 0.316 e. The number of carbonyl (C=O) groups is 1. The first kappa shape index (κ1) is 13.9. The molecule has 0 aliphatic heterocycles. The first-order chi connectivity index (χ1) is 9.15. The average Bonchev–Trinajstić information content (AvgIpc) is 2.78. The Morgan fingerprint density at radius 3 is 2.84 bits per heavy atom. The lowest BCUT2D eigenvalue weighted by molar-refractivity contribution is -0.145. The highest BCUT2D eigenvalue weighted by molar-refractivity contribution is 6.31. The number of esters is 1. The van der Waals surface area contributed by atoms with Crippen LogP contribution in [0.3, 0.4) is 0 Å². The number of ether oxygens (including phenoxy) is 1. The summed E-state index contributed by atoms with van der Waals surface area (Å²) in [6.07, 6.45) is 1.60. The van der Waals surface area contributed by atoms with Gasteiger partial charge in [0, 0.05) is 10.4 Å². The van der Waals surface area contributed by atoms with Gasteiger partial charge in [-0.15, -0.1) is 0 Å². The molecule has 3 nitrogen and oxygen atoms in total. The summed E-state index contributed by atoms with van der Waals surface area (Å²) in [6.45, 7) is 4.22. The van der Waals surface area contributed by atoms with E-state index in [1.165, 1.54) is 0 Å². The Bertz CT molecular complexity index is 574. The van der Waals surface area contributed by atoms with E-state index in [0.29, 0.717) is 23.8 Å². The molecule has 0 saturated carbocycles. The third kappa shape index (κ3) is 3.10. The quantitative estimate of drug-likeness (QED) is 0.755. The van der Waals surface area contributed by atoms with E-state index in [0.717, 1.165) is 17.4 Å². The molecule has 1 aromatic carbocycles. The van der Waals surface area contributed by atoms with Gasteiger partial charge in [0.25, 0.3) is 0 Å². The number of hydrogen-bond acceptors (Lipinski definition) is 3. The highest BCUT2D eigenvalue weighted by Gasteiger charge is 2.24. The van der Waals surface area contributed by atoms with E-state index < -0.39 is 0 Å². The monoisotopic (exact) mass is 280 g/mol. The van der Waals surface area contributed by atoms with Crippen LogP contribution in [0.1, 0.15) is 38.4 Å². The summed E-state index contributed by atoms with van der Waals surface area (Å²) >= 11 is 5.95. The molecule has 0 aliphatic rings. The summed E-state index contributed by atoms with van der Waals surface area (Å²) in [5, 5.41) is 1.57. The van der Waals surface area contributed by atoms with Gasteiger partial charge in [-0.1, -0.05) is 24.9 Å². The molecule has 0 aliphatic carbocycles. The lowest BCUT2D eigenvalue weighted by Crippen LogP contribution is -2.15. The molecule has 0 radical (unpaired) electrons. The van der Waals surface area contributed by atoms with Gasteiger partial charge in [-0.3, -0.25) is 4.79 Å². The minimum absolute atomic E-state index is 0.227. The molecule has 19 heavy (non-hydrogen) atoms. The zero-order valence-corrected chi connectivity index (χ0v) is 11.9. The maximum absolute atomic E-state index is 12.0. The fourth-order valence-electron chi connectivity index (χ4n) is 2.11. The molecular formula is C15H17ClO3. The second kappa shape index (κ2) is 6.11. The van der Waals surface area contributed by atoms with Crippen LogP contribution in [0.2, 0.25) is 5.02 Å². The normalized spacial score (nSPS) is 12.6. The van der Waals surface area contributed by atoms with Crippen LogP contribution in [0, 0.1) is 0 Å². The number of benzene rings is 1. The van der Waals surface area contributed by atoms with Crippen LogP contribution >= 0.6 is 11.6 Å². The van der Waals surface area contributed by atoms with Crippen molar-refractivity contribution < 1.29 is 13.9 Å². The molecule has 4 heteroatoms. The molecule has 1 atom stereocenters. The van der Waals surface area contributed by atoms with Crippen molar-refractivity contribution in [3.63, 3.8) is 0 Å². The third-order valence-corrected chi connectivity index (χ3v) is 3.22. The summed E-state index contributed by atoms with van der Waals surface area (Å²) in [6, 6.07) is 7.29. The highest BCUT2D eigenvalue weighted by atomic mass is 35.5. The number of furan rings is 1. The predicted molar refractivity (Wildman–Crippen MR) is 75.5 cm³/mol. The van der Waals surface area contributed by atoms with Gasteiger partial charge in [-0.05, 0) is 37.6 Å². The summed E-state index contributed by atoms with van der Waals surface area (Å²) in [7, 11) is 0. The standard InChI is InChI=1S/C15H17ClO3/c1-3-5-12(15(17)18-4-2)14-9-10-8-11(16)6-7-13(10)19-14/h6-9,12H,3-5H2,1-2H3. The third-order valence-electron chi connectivity index (χ3n) is 2.99. The van der Waals surface area contributed by atoms with Crippen molar-refractivity contribution in [2.24, 2.45) is 0 Å². The van der Waals surface area contributed by atoms with Gasteiger partial charge in [-0.2, -0.15) is 0 Å². The molecule has 0 saturated heterocycles. The fourth-order valence-corrected chi connectivity index (χ4v) is 2.29. The van der Waals surface area contributed by atoms with E-state index in [1.807, 2.05) is 25.1 Å². The average molecular weight is 281 g/mol. The summed E-state index contributed by atoms with van der Waals surface area (Å²) in [5.74, 6) is 0.0863. The molecule has 102 valence electrons. The Morgan fingerprint density at radius 1 is 1.37 bits per heavy atom. The van der Waals surface area contributed by atoms with E-state index in [-0.39, 0.29) is 11.9 Å². The van der Waals surface area contributed by atoms with Crippen LogP contribution in [0.25, 0.3) is 11.0 Å². The van der Waals surface area contributed by atoms with Crippen LogP contribution in [0.15, 0.2) is 28.7 Å². The number of hydrogen-bond donors (Lipinski definition) is 0. The number of fused-ring (bicyclic) bond motifs is 1. The van der Waals surface area contributed by atoms with Crippen molar-refractivity contribution in [3.8, 4) is 0 Å². The zero-order chi connectivity index (χ0) is 13.8. The van der Waals surface area contributed by atoms with Crippen LogP contribution < -0.4 is 0 Å². The molecule has 2 rings (SSSR count). The van der Waals surface area contributed by atoms with Gasteiger partial charge < -0.3 is 9.15 Å². The van der Waals surface area contributed by atoms with Crippen LogP contribution in [0.5, 0.6) is 0 Å². The minimum atomic E-state index is -0.337. The van der Waals surface area contributed by atoms with Gasteiger partial charge >= 0.3 is 5.97 Å². The summed E-state index contributed by atoms with van der Waals surface area (Å²) in [4.78, 5) is 12.0. The van der Waals surface area contributed by atoms with E-state index in [1.54, 1.807) is 13.0 Å². The van der Waals surface area contributed by atoms with Gasteiger partial charge in [-0.25, -0.2) is 0 Å². The summed E-state index contributed by atoms with van der Waals surface area (Å²) in [5.41, 5.74) is 0.741. The zero-order valence-electron chi connectivity index (χ0n) is 11.1. The maximum atomic E-state index is 12.0. The molecule has 0 fully saturated rings. The Kier molecular flexibility index (Phi) is 4.48. The molecule has 1 unspecified atom stereocenters. The van der Waals surface area contributed by atoms with Crippen LogP contribution in [-0.4, -0.2) is 12.6 Å². The van der Waals surface area contributed by atoms with Crippen molar-refractivity contribution in [2.45, 2.75) is 32.6 Å². The van der Waals surface area contributed by atoms with Crippen molar-refractivity contribution in [1.82, 2.24) is 0 Å². The lowest BCUT2D eigenvalue weighted by Gasteiger charge is -2.11. The Hall–Kier alpha value is -1.48. The molecule has 0 amide bonds. The number of halogens is 1. The SMILES string of the molecule is CCCC(C(=O)OCC)c1cc2cc(Cl)ccc2o1. The van der Waals surface area contributed by atoms with E-state index in [4.69, 9.17) is 20.8 Å². The largest absolute Gasteiger partial charge is 0.465 e. The second-order valence-electron chi connectivity index (χ2n) is 4.42. The minimum Gasteiger partial charge on any atom is -0.465 e. The topological polar surface area (TPSA) is 39.4 Å². The highest BCUT2D eigenvalue weighted by Crippen LogP contribution is 2.30. The molecular weight excluding hydrogens is 264 g/mol. The smallest absolute Gasteiger partial charge is 0.316 e. The second-order valence-corrected chi connectivity index (χ2v) is 4.86. The van der Waals surface area contributed by atoms with E-state index in [9.17, 15) is 4.79 Å². The van der Waals surface area contributed by atoms with Crippen LogP contribution in [-0.2, 0) is 9.53 Å². The van der Waals surface area contributed by atoms with Crippen LogP contribution in [0.4, 0.5) is 0 Å². The van der Waals surface area contributed by atoms with E-state index in [2.05, 4.69) is 0 Å². The Morgan fingerprint density at radius 2 is 2.16 bits per heavy atom. The molecule has 1 heterocycles. The molecule has 0 spiro atoms. The summed E-state index contributed by atoms with van der Waals surface area (Å²) < 4.78 is 10.9. The van der Waals surface area contributed by atoms with E-state index >= 15 is 0 Å². The predicted octanol–water partition coefficient (Wildman–Crippen LogP) is 4.53. The molecule has 0 bridgehead atoms. The van der Waals surface area contributed by atoms with Gasteiger partial charge in [0.1, 0.15) is 17.3 Å². The number of rotatable bonds is 5. The van der Waals surface area contributed by atoms with Crippen molar-refractivity contribution in [1.29, 1.82) is 0 Å². The molecule has 2 aromatic rings. The fraction of sp³-hybridized carbons (Fsp3) is 0.400. The number of carbonyl (C=O) groups excluding carboxylic acids is 1. The van der Waals surface area contributed by atoms with Gasteiger partial charge in [0.05, 0.1) is 6.61 Å². The lowest BCUT2D eigenvalue weighted by atomic mass is 10.0. The van der Waals surface area contributed by atoms with Gasteiger partial charge in [0.2, 0.25) is 0 Å². The molecule has 0 N–H and O–H groups in total. The van der Waals surface area contributed by atoms with Crippen molar-refractivity contribution >= 4 is 28.5 Å². The Labute approximate surface area is 117 Å². The Balaban J connectivity index is 2.35.